The van der Waals surface area contributed by atoms with E-state index in [1.807, 2.05) is 30.3 Å². The van der Waals surface area contributed by atoms with E-state index in [4.69, 9.17) is 4.74 Å². The summed E-state index contributed by atoms with van der Waals surface area (Å²) >= 11 is 0. The Hall–Kier alpha value is -2.43. The van der Waals surface area contributed by atoms with E-state index in [1.54, 1.807) is 0 Å². The molecule has 0 atom stereocenters. The number of rotatable bonds is 7. The molecular weight excluding hydrogens is 260 g/mol. The number of esters is 2. The molecule has 1 aromatic carbocycles. The second-order valence-corrected chi connectivity index (χ2v) is 4.20. The number of hydrogen-bond donors (Lipinski definition) is 0. The van der Waals surface area contributed by atoms with Crippen LogP contribution in [0.25, 0.3) is 0 Å². The minimum absolute atomic E-state index is 0.0377. The summed E-state index contributed by atoms with van der Waals surface area (Å²) in [4.78, 5) is 33.5. The van der Waals surface area contributed by atoms with Gasteiger partial charge in [-0.25, -0.2) is 4.79 Å². The van der Waals surface area contributed by atoms with E-state index in [-0.39, 0.29) is 31.0 Å². The fourth-order valence-electron chi connectivity index (χ4n) is 1.30. The first kappa shape index (κ1) is 15.6. The van der Waals surface area contributed by atoms with Gasteiger partial charge in [0, 0.05) is 5.57 Å². The molecule has 0 fully saturated rings. The highest BCUT2D eigenvalue weighted by molar-refractivity contribution is 5.94. The summed E-state index contributed by atoms with van der Waals surface area (Å²) in [6, 6.07) is 9.17. The largest absolute Gasteiger partial charge is 0.461 e. The monoisotopic (exact) mass is 276 g/mol. The summed E-state index contributed by atoms with van der Waals surface area (Å²) in [6.45, 7) is 4.55. The number of Topliss-reactive ketones (excluding diaryl/α,β-unsaturated/α-hetero) is 1. The summed E-state index contributed by atoms with van der Waals surface area (Å²) in [6.07, 6.45) is -0.260. The van der Waals surface area contributed by atoms with Crippen LogP contribution in [0.4, 0.5) is 0 Å². The summed E-state index contributed by atoms with van der Waals surface area (Å²) in [5.74, 6) is -1.62. The number of ketones is 1. The Morgan fingerprint density at radius 2 is 1.75 bits per heavy atom. The quantitative estimate of drug-likeness (QED) is 0.561. The van der Waals surface area contributed by atoms with Gasteiger partial charge in [0.2, 0.25) is 0 Å². The number of carbonyl (C=O) groups is 3. The predicted molar refractivity (Wildman–Crippen MR) is 71.6 cm³/mol. The zero-order valence-corrected chi connectivity index (χ0v) is 11.3. The van der Waals surface area contributed by atoms with Crippen molar-refractivity contribution in [2.75, 3.05) is 6.61 Å². The van der Waals surface area contributed by atoms with Gasteiger partial charge < -0.3 is 9.47 Å². The summed E-state index contributed by atoms with van der Waals surface area (Å²) in [5, 5.41) is 0. The number of hydrogen-bond acceptors (Lipinski definition) is 5. The van der Waals surface area contributed by atoms with Crippen molar-refractivity contribution in [1.82, 2.24) is 0 Å². The van der Waals surface area contributed by atoms with Gasteiger partial charge in [-0.3, -0.25) is 9.59 Å². The highest BCUT2D eigenvalue weighted by Gasteiger charge is 2.14. The minimum Gasteiger partial charge on any atom is -0.461 e. The molecule has 0 aromatic heterocycles. The molecule has 20 heavy (non-hydrogen) atoms. The third kappa shape index (κ3) is 5.95. The summed E-state index contributed by atoms with van der Waals surface area (Å²) in [7, 11) is 0. The molecule has 106 valence electrons. The zero-order chi connectivity index (χ0) is 15.0. The topological polar surface area (TPSA) is 69.7 Å². The Balaban J connectivity index is 2.33. The maximum atomic E-state index is 11.5. The lowest BCUT2D eigenvalue weighted by Gasteiger charge is -2.07. The average Bonchev–Trinajstić information content (AvgIpc) is 2.43. The van der Waals surface area contributed by atoms with Gasteiger partial charge in [-0.05, 0) is 12.5 Å². The molecule has 0 aliphatic carbocycles. The van der Waals surface area contributed by atoms with Gasteiger partial charge in [0.15, 0.2) is 5.78 Å². The van der Waals surface area contributed by atoms with Gasteiger partial charge in [0.05, 0.1) is 6.42 Å². The van der Waals surface area contributed by atoms with Crippen LogP contribution < -0.4 is 0 Å². The van der Waals surface area contributed by atoms with Crippen molar-refractivity contribution in [3.63, 3.8) is 0 Å². The first-order valence-corrected chi connectivity index (χ1v) is 6.03. The number of carbonyl (C=O) groups excluding carboxylic acids is 3. The molecule has 0 bridgehead atoms. The highest BCUT2D eigenvalue weighted by atomic mass is 16.5. The average molecular weight is 276 g/mol. The minimum atomic E-state index is -0.767. The first-order valence-electron chi connectivity index (χ1n) is 6.03. The molecule has 0 aliphatic heterocycles. The van der Waals surface area contributed by atoms with Crippen LogP contribution in [0.1, 0.15) is 18.9 Å². The van der Waals surface area contributed by atoms with Crippen LogP contribution in [0.2, 0.25) is 0 Å². The van der Waals surface area contributed by atoms with Crippen LogP contribution in [0, 0.1) is 0 Å². The van der Waals surface area contributed by atoms with E-state index < -0.39 is 11.9 Å². The number of benzene rings is 1. The Labute approximate surface area is 117 Å². The van der Waals surface area contributed by atoms with Crippen LogP contribution >= 0.6 is 0 Å². The molecule has 0 saturated carbocycles. The molecule has 0 amide bonds. The van der Waals surface area contributed by atoms with Crippen molar-refractivity contribution in [3.8, 4) is 0 Å². The number of ether oxygens (including phenoxy) is 2. The van der Waals surface area contributed by atoms with Crippen LogP contribution in [0.15, 0.2) is 42.5 Å². The Morgan fingerprint density at radius 3 is 2.35 bits per heavy atom. The lowest BCUT2D eigenvalue weighted by Crippen LogP contribution is -2.15. The van der Waals surface area contributed by atoms with Crippen molar-refractivity contribution in [1.29, 1.82) is 0 Å². The molecule has 5 nitrogen and oxygen atoms in total. The van der Waals surface area contributed by atoms with Gasteiger partial charge in [0.1, 0.15) is 13.2 Å². The maximum Gasteiger partial charge on any atom is 0.334 e. The zero-order valence-electron chi connectivity index (χ0n) is 11.3. The van der Waals surface area contributed by atoms with Gasteiger partial charge in [-0.15, -0.1) is 0 Å². The second-order valence-electron chi connectivity index (χ2n) is 4.20. The van der Waals surface area contributed by atoms with Gasteiger partial charge >= 0.3 is 11.9 Å². The van der Waals surface area contributed by atoms with E-state index in [0.717, 1.165) is 5.56 Å². The fourth-order valence-corrected chi connectivity index (χ4v) is 1.30. The third-order valence-electron chi connectivity index (χ3n) is 2.30. The van der Waals surface area contributed by atoms with Crippen molar-refractivity contribution in [3.05, 3.63) is 48.0 Å². The van der Waals surface area contributed by atoms with E-state index in [9.17, 15) is 14.4 Å². The lowest BCUT2D eigenvalue weighted by molar-refractivity contribution is -0.148. The molecule has 1 rings (SSSR count). The van der Waals surface area contributed by atoms with Crippen LogP contribution in [0.3, 0.4) is 0 Å². The van der Waals surface area contributed by atoms with E-state index >= 15 is 0 Å². The van der Waals surface area contributed by atoms with Crippen molar-refractivity contribution in [2.24, 2.45) is 0 Å². The molecule has 0 saturated heterocycles. The third-order valence-corrected chi connectivity index (χ3v) is 2.30. The molecule has 0 heterocycles. The summed E-state index contributed by atoms with van der Waals surface area (Å²) in [5.41, 5.74) is 0.815. The summed E-state index contributed by atoms with van der Waals surface area (Å²) < 4.78 is 9.63. The Kier molecular flexibility index (Phi) is 6.16. The van der Waals surface area contributed by atoms with E-state index in [0.29, 0.717) is 0 Å². The van der Waals surface area contributed by atoms with Crippen LogP contribution in [0.5, 0.6) is 0 Å². The molecule has 0 N–H and O–H groups in total. The van der Waals surface area contributed by atoms with Crippen molar-refractivity contribution in [2.45, 2.75) is 20.0 Å². The van der Waals surface area contributed by atoms with Crippen LogP contribution in [-0.2, 0) is 30.5 Å². The molecule has 0 aliphatic rings. The lowest BCUT2D eigenvalue weighted by atomic mass is 10.2. The molecule has 0 radical (unpaired) electrons. The van der Waals surface area contributed by atoms with Gasteiger partial charge in [-0.1, -0.05) is 36.9 Å². The molecular formula is C15H16O5. The normalized spacial score (nSPS) is 9.65. The standard InChI is InChI=1S/C15H16O5/c1-11(15(18)20-9-12(2)16)8-14(17)19-10-13-6-4-3-5-7-13/h3-7H,1,8-10H2,2H3. The molecule has 0 spiro atoms. The molecule has 1 aromatic rings. The van der Waals surface area contributed by atoms with Crippen LogP contribution in [-0.4, -0.2) is 24.3 Å². The smallest absolute Gasteiger partial charge is 0.334 e. The van der Waals surface area contributed by atoms with E-state index in [1.165, 1.54) is 6.92 Å². The highest BCUT2D eigenvalue weighted by Crippen LogP contribution is 2.06. The molecule has 5 heteroatoms. The Morgan fingerprint density at radius 1 is 1.10 bits per heavy atom. The van der Waals surface area contributed by atoms with Crippen molar-refractivity contribution >= 4 is 17.7 Å². The maximum absolute atomic E-state index is 11.5. The van der Waals surface area contributed by atoms with Gasteiger partial charge in [-0.2, -0.15) is 0 Å². The Bertz CT molecular complexity index is 504. The fraction of sp³-hybridized carbons (Fsp3) is 0.267. The van der Waals surface area contributed by atoms with Crippen molar-refractivity contribution < 1.29 is 23.9 Å². The first-order chi connectivity index (χ1) is 9.49. The SMILES string of the molecule is C=C(CC(=O)OCc1ccccc1)C(=O)OCC(C)=O. The second kappa shape index (κ2) is 7.89. The molecule has 0 unspecified atom stereocenters. The predicted octanol–water partition coefficient (Wildman–Crippen LogP) is 1.81. The van der Waals surface area contributed by atoms with E-state index in [2.05, 4.69) is 11.3 Å². The van der Waals surface area contributed by atoms with Gasteiger partial charge in [0.25, 0.3) is 0 Å².